The van der Waals surface area contributed by atoms with Crippen LogP contribution in [0.3, 0.4) is 0 Å². The number of fused-ring (bicyclic) bond motifs is 1. The van der Waals surface area contributed by atoms with Gasteiger partial charge >= 0.3 is 6.18 Å². The summed E-state index contributed by atoms with van der Waals surface area (Å²) in [6, 6.07) is 8.92. The quantitative estimate of drug-likeness (QED) is 0.362. The Kier molecular flexibility index (Phi) is 7.71. The molecule has 0 saturated carbocycles. The van der Waals surface area contributed by atoms with Gasteiger partial charge in [0.15, 0.2) is 0 Å². The van der Waals surface area contributed by atoms with Gasteiger partial charge in [-0.1, -0.05) is 24.0 Å². The van der Waals surface area contributed by atoms with E-state index in [1.807, 2.05) is 18.9 Å². The van der Waals surface area contributed by atoms with Crippen molar-refractivity contribution in [1.29, 1.82) is 0 Å². The first kappa shape index (κ1) is 28.1. The zero-order chi connectivity index (χ0) is 29.3. The van der Waals surface area contributed by atoms with Crippen LogP contribution in [0.2, 0.25) is 0 Å². The Hall–Kier alpha value is -4.40. The van der Waals surface area contributed by atoms with Crippen LogP contribution in [0.1, 0.15) is 38.2 Å². The Morgan fingerprint density at radius 3 is 2.54 bits per heavy atom. The van der Waals surface area contributed by atoms with Crippen molar-refractivity contribution in [1.82, 2.24) is 24.6 Å². The molecule has 0 spiro atoms. The third-order valence-electron chi connectivity index (χ3n) is 7.32. The van der Waals surface area contributed by atoms with E-state index in [1.165, 1.54) is 12.1 Å². The predicted molar refractivity (Wildman–Crippen MR) is 152 cm³/mol. The number of pyridine rings is 1. The highest BCUT2D eigenvalue weighted by Gasteiger charge is 2.34. The summed E-state index contributed by atoms with van der Waals surface area (Å²) in [5.74, 6) is 5.85. The monoisotopic (exact) mass is 561 g/mol. The maximum Gasteiger partial charge on any atom is 0.416 e. The molecule has 3 N–H and O–H groups in total. The molecule has 212 valence electrons. The number of nitrogens with zero attached hydrogens (tertiary/aromatic N) is 5. The van der Waals surface area contributed by atoms with Crippen molar-refractivity contribution < 1.29 is 18.0 Å². The number of aromatic nitrogens is 3. The van der Waals surface area contributed by atoms with Crippen LogP contribution in [0, 0.1) is 18.8 Å². The Balaban J connectivity index is 1.38. The summed E-state index contributed by atoms with van der Waals surface area (Å²) in [6.45, 7) is 5.07. The molecule has 1 aliphatic heterocycles. The summed E-state index contributed by atoms with van der Waals surface area (Å²) >= 11 is 0. The van der Waals surface area contributed by atoms with Crippen molar-refractivity contribution in [3.05, 3.63) is 82.2 Å². The van der Waals surface area contributed by atoms with Crippen molar-refractivity contribution in [2.24, 2.45) is 7.05 Å². The third kappa shape index (κ3) is 6.19. The molecule has 0 unspecified atom stereocenters. The topological polar surface area (TPSA) is 92.3 Å². The van der Waals surface area contributed by atoms with E-state index >= 15 is 0 Å². The Morgan fingerprint density at radius 1 is 1.05 bits per heavy atom. The molecule has 1 amide bonds. The smallest absolute Gasteiger partial charge is 0.383 e. The molecule has 1 fully saturated rings. The van der Waals surface area contributed by atoms with Gasteiger partial charge < -0.3 is 16.0 Å². The Bertz CT molecular complexity index is 1680. The highest BCUT2D eigenvalue weighted by Crippen LogP contribution is 2.35. The minimum atomic E-state index is -4.55. The molecule has 8 nitrogen and oxygen atoms in total. The molecule has 0 atom stereocenters. The lowest BCUT2D eigenvalue weighted by molar-refractivity contribution is -0.138. The number of rotatable bonds is 4. The molecule has 5 rings (SSSR count). The molecule has 11 heteroatoms. The normalized spacial score (nSPS) is 14.6. The second-order valence-corrected chi connectivity index (χ2v) is 10.3. The minimum Gasteiger partial charge on any atom is -0.383 e. The van der Waals surface area contributed by atoms with E-state index in [0.29, 0.717) is 24.2 Å². The number of halogens is 3. The van der Waals surface area contributed by atoms with Crippen LogP contribution in [0.4, 0.5) is 24.7 Å². The van der Waals surface area contributed by atoms with E-state index < -0.39 is 17.6 Å². The standard InChI is InChI=1S/C30H30F3N7O/c1-19-4-5-21(14-20(19)7-9-24-25-16-36-39(3)27(25)17-35-28(24)34)29(41)37-23-8-6-22(26(15-23)30(31,32)33)18-40-12-10-38(2)11-13-40/h4-6,8,14-17H,10-13,18H2,1-3H3,(H2,34,35)(H,37,41). The molecular formula is C30H30F3N7O. The number of piperazine rings is 1. The van der Waals surface area contributed by atoms with Crippen LogP contribution in [0.15, 0.2) is 48.8 Å². The summed E-state index contributed by atoms with van der Waals surface area (Å²) in [5.41, 5.74) is 8.56. The van der Waals surface area contributed by atoms with E-state index in [1.54, 1.807) is 42.3 Å². The average Bonchev–Trinajstić information content (AvgIpc) is 3.31. The van der Waals surface area contributed by atoms with E-state index in [0.717, 1.165) is 35.6 Å². The van der Waals surface area contributed by atoms with Gasteiger partial charge in [-0.2, -0.15) is 18.3 Å². The number of carbonyl (C=O) groups is 1. The summed E-state index contributed by atoms with van der Waals surface area (Å²) in [6.07, 6.45) is -1.26. The lowest BCUT2D eigenvalue weighted by Crippen LogP contribution is -2.44. The highest BCUT2D eigenvalue weighted by atomic mass is 19.4. The molecule has 1 aliphatic rings. The first-order valence-corrected chi connectivity index (χ1v) is 13.1. The van der Waals surface area contributed by atoms with Crippen LogP contribution in [-0.4, -0.2) is 63.7 Å². The molecule has 1 saturated heterocycles. The van der Waals surface area contributed by atoms with Crippen LogP contribution < -0.4 is 11.1 Å². The average molecular weight is 562 g/mol. The zero-order valence-corrected chi connectivity index (χ0v) is 23.0. The molecule has 2 aromatic heterocycles. The fraction of sp³-hybridized carbons (Fsp3) is 0.300. The van der Waals surface area contributed by atoms with Crippen molar-refractivity contribution in [3.8, 4) is 11.8 Å². The van der Waals surface area contributed by atoms with Crippen LogP contribution >= 0.6 is 0 Å². The Labute approximate surface area is 235 Å². The van der Waals surface area contributed by atoms with Gasteiger partial charge in [0.05, 0.1) is 29.0 Å². The summed E-state index contributed by atoms with van der Waals surface area (Å²) in [4.78, 5) is 21.4. The number of nitrogens with two attached hydrogens (primary N) is 1. The van der Waals surface area contributed by atoms with Gasteiger partial charge in [-0.3, -0.25) is 14.4 Å². The summed E-state index contributed by atoms with van der Waals surface area (Å²) < 4.78 is 43.6. The van der Waals surface area contributed by atoms with Gasteiger partial charge in [0.1, 0.15) is 5.82 Å². The molecular weight excluding hydrogens is 531 g/mol. The van der Waals surface area contributed by atoms with Gasteiger partial charge in [-0.25, -0.2) is 4.98 Å². The first-order chi connectivity index (χ1) is 19.5. The number of carbonyl (C=O) groups excluding carboxylic acids is 1. The van der Waals surface area contributed by atoms with E-state index in [2.05, 4.69) is 32.1 Å². The second-order valence-electron chi connectivity index (χ2n) is 10.3. The summed E-state index contributed by atoms with van der Waals surface area (Å²) in [7, 11) is 3.79. The number of aryl methyl sites for hydroxylation is 2. The lowest BCUT2D eigenvalue weighted by atomic mass is 10.0. The molecule has 0 aliphatic carbocycles. The van der Waals surface area contributed by atoms with Gasteiger partial charge in [-0.05, 0) is 49.4 Å². The fourth-order valence-electron chi connectivity index (χ4n) is 4.79. The third-order valence-corrected chi connectivity index (χ3v) is 7.32. The molecule has 3 heterocycles. The van der Waals surface area contributed by atoms with Gasteiger partial charge in [-0.15, -0.1) is 0 Å². The predicted octanol–water partition coefficient (Wildman–Crippen LogP) is 4.28. The van der Waals surface area contributed by atoms with Crippen LogP contribution in [0.25, 0.3) is 10.9 Å². The molecule has 0 radical (unpaired) electrons. The SMILES string of the molecule is Cc1ccc(C(=O)Nc2ccc(CN3CCN(C)CC3)c(C(F)(F)F)c2)cc1C#Cc1c(N)ncc2c1cnn2C. The van der Waals surface area contributed by atoms with Crippen LogP contribution in [0.5, 0.6) is 0 Å². The van der Waals surface area contributed by atoms with Crippen molar-refractivity contribution in [3.63, 3.8) is 0 Å². The molecule has 0 bridgehead atoms. The number of anilines is 2. The molecule has 2 aromatic carbocycles. The van der Waals surface area contributed by atoms with Gasteiger partial charge in [0.25, 0.3) is 5.91 Å². The maximum absolute atomic E-state index is 14.0. The number of nitrogen functional groups attached to an aromatic ring is 1. The number of benzene rings is 2. The number of likely N-dealkylation sites (N-methyl/N-ethyl adjacent to an activating group) is 1. The largest absolute Gasteiger partial charge is 0.416 e. The van der Waals surface area contributed by atoms with Gasteiger partial charge in [0, 0.05) is 62.0 Å². The number of hydrogen-bond acceptors (Lipinski definition) is 6. The van der Waals surface area contributed by atoms with E-state index in [4.69, 9.17) is 5.73 Å². The van der Waals surface area contributed by atoms with Crippen molar-refractivity contribution >= 4 is 28.3 Å². The summed E-state index contributed by atoms with van der Waals surface area (Å²) in [5, 5.41) is 7.61. The number of hydrogen-bond donors (Lipinski definition) is 2. The number of amides is 1. The number of nitrogens with one attached hydrogen (secondary N) is 1. The number of alkyl halides is 3. The molecule has 41 heavy (non-hydrogen) atoms. The first-order valence-electron chi connectivity index (χ1n) is 13.1. The van der Waals surface area contributed by atoms with Crippen molar-refractivity contribution in [2.45, 2.75) is 19.6 Å². The minimum absolute atomic E-state index is 0.0692. The van der Waals surface area contributed by atoms with E-state index in [-0.39, 0.29) is 29.2 Å². The van der Waals surface area contributed by atoms with E-state index in [9.17, 15) is 18.0 Å². The zero-order valence-electron chi connectivity index (χ0n) is 23.0. The highest BCUT2D eigenvalue weighted by molar-refractivity contribution is 6.04. The lowest BCUT2D eigenvalue weighted by Gasteiger charge is -2.33. The fourth-order valence-corrected chi connectivity index (χ4v) is 4.79. The maximum atomic E-state index is 14.0. The molecule has 4 aromatic rings. The van der Waals surface area contributed by atoms with Gasteiger partial charge in [0.2, 0.25) is 0 Å². The van der Waals surface area contributed by atoms with Crippen molar-refractivity contribution in [2.75, 3.05) is 44.3 Å². The van der Waals surface area contributed by atoms with Crippen LogP contribution in [-0.2, 0) is 19.8 Å². The second kappa shape index (κ2) is 11.2. The Morgan fingerprint density at radius 2 is 1.80 bits per heavy atom.